The van der Waals surface area contributed by atoms with Gasteiger partial charge in [0.1, 0.15) is 11.1 Å². The Morgan fingerprint density at radius 3 is 3.00 bits per heavy atom. The Balaban J connectivity index is 2.88. The van der Waals surface area contributed by atoms with Crippen molar-refractivity contribution < 1.29 is 9.53 Å². The Bertz CT molecular complexity index is 365. The van der Waals surface area contributed by atoms with E-state index in [1.54, 1.807) is 6.07 Å². The quantitative estimate of drug-likeness (QED) is 0.748. The van der Waals surface area contributed by atoms with E-state index in [-0.39, 0.29) is 0 Å². The number of nitriles is 1. The van der Waals surface area contributed by atoms with E-state index in [9.17, 15) is 4.79 Å². The number of aryl methyl sites for hydroxylation is 1. The lowest BCUT2D eigenvalue weighted by Gasteiger charge is -1.99. The van der Waals surface area contributed by atoms with Crippen molar-refractivity contribution in [2.45, 2.75) is 6.92 Å². The van der Waals surface area contributed by atoms with Crippen molar-refractivity contribution in [1.29, 1.82) is 5.26 Å². The van der Waals surface area contributed by atoms with Gasteiger partial charge in [0.25, 0.3) is 0 Å². The van der Waals surface area contributed by atoms with E-state index < -0.39 is 6.09 Å². The van der Waals surface area contributed by atoms with E-state index in [1.807, 2.05) is 13.0 Å². The largest absolute Gasteiger partial charge is 0.453 e. The second-order valence-corrected chi connectivity index (χ2v) is 3.58. The van der Waals surface area contributed by atoms with Gasteiger partial charge in [-0.2, -0.15) is 5.26 Å². The summed E-state index contributed by atoms with van der Waals surface area (Å²) in [6, 6.07) is 3.70. The summed E-state index contributed by atoms with van der Waals surface area (Å²) in [5.41, 5.74) is 0.466. The summed E-state index contributed by atoms with van der Waals surface area (Å²) in [5, 5.41) is 11.7. The zero-order valence-electron chi connectivity index (χ0n) is 7.25. The van der Waals surface area contributed by atoms with Crippen molar-refractivity contribution in [2.24, 2.45) is 0 Å². The lowest BCUT2D eigenvalue weighted by molar-refractivity contribution is 0.187. The predicted octanol–water partition coefficient (Wildman–Crippen LogP) is 2.11. The van der Waals surface area contributed by atoms with Crippen LogP contribution in [0.25, 0.3) is 0 Å². The van der Waals surface area contributed by atoms with Crippen molar-refractivity contribution in [3.63, 3.8) is 0 Å². The van der Waals surface area contributed by atoms with E-state index in [4.69, 9.17) is 5.26 Å². The van der Waals surface area contributed by atoms with Gasteiger partial charge in [0.2, 0.25) is 0 Å². The molecule has 1 heterocycles. The summed E-state index contributed by atoms with van der Waals surface area (Å²) in [4.78, 5) is 11.8. The monoisotopic (exact) mass is 196 g/mol. The molecule has 1 aromatic heterocycles. The molecule has 0 aliphatic rings. The van der Waals surface area contributed by atoms with Gasteiger partial charge in [0.15, 0.2) is 0 Å². The molecule has 0 aliphatic carbocycles. The zero-order valence-corrected chi connectivity index (χ0v) is 8.07. The van der Waals surface area contributed by atoms with Crippen LogP contribution in [0.4, 0.5) is 9.80 Å². The SMILES string of the molecule is COC(=O)Nc1sc(C)cc1C#N. The highest BCUT2D eigenvalue weighted by atomic mass is 32.1. The topological polar surface area (TPSA) is 62.1 Å². The van der Waals surface area contributed by atoms with Crippen LogP contribution in [0.15, 0.2) is 6.07 Å². The molecule has 0 fully saturated rings. The molecular weight excluding hydrogens is 188 g/mol. The normalized spacial score (nSPS) is 9.00. The van der Waals surface area contributed by atoms with Crippen LogP contribution in [0, 0.1) is 18.3 Å². The number of nitrogens with one attached hydrogen (secondary N) is 1. The van der Waals surface area contributed by atoms with Crippen LogP contribution >= 0.6 is 11.3 Å². The molecule has 1 amide bonds. The zero-order chi connectivity index (χ0) is 9.84. The minimum absolute atomic E-state index is 0.466. The number of ether oxygens (including phenoxy) is 1. The standard InChI is InChI=1S/C8H8N2O2S/c1-5-3-6(4-9)7(13-5)10-8(11)12-2/h3H,1-2H3,(H,10,11). The summed E-state index contributed by atoms with van der Waals surface area (Å²) < 4.78 is 4.41. The number of hydrogen-bond acceptors (Lipinski definition) is 4. The fourth-order valence-corrected chi connectivity index (χ4v) is 1.68. The minimum atomic E-state index is -0.557. The van der Waals surface area contributed by atoms with Gasteiger partial charge in [0, 0.05) is 4.88 Å². The van der Waals surface area contributed by atoms with E-state index in [2.05, 4.69) is 10.1 Å². The van der Waals surface area contributed by atoms with Crippen LogP contribution in [0.1, 0.15) is 10.4 Å². The van der Waals surface area contributed by atoms with Gasteiger partial charge < -0.3 is 4.74 Å². The lowest BCUT2D eigenvalue weighted by atomic mass is 10.3. The average molecular weight is 196 g/mol. The second-order valence-electron chi connectivity index (χ2n) is 2.33. The molecule has 0 saturated carbocycles. The van der Waals surface area contributed by atoms with Crippen molar-refractivity contribution >= 4 is 22.4 Å². The molecule has 0 unspecified atom stereocenters. The molecule has 5 heteroatoms. The maximum Gasteiger partial charge on any atom is 0.411 e. The number of carbonyl (C=O) groups is 1. The van der Waals surface area contributed by atoms with E-state index in [0.717, 1.165) is 4.88 Å². The number of methoxy groups -OCH3 is 1. The molecule has 0 aromatic carbocycles. The molecule has 1 rings (SSSR count). The second kappa shape index (κ2) is 3.92. The van der Waals surface area contributed by atoms with Crippen molar-refractivity contribution in [1.82, 2.24) is 0 Å². The molecule has 4 nitrogen and oxygen atoms in total. The number of rotatable bonds is 1. The fourth-order valence-electron chi connectivity index (χ4n) is 0.834. The first-order valence-electron chi connectivity index (χ1n) is 3.53. The summed E-state index contributed by atoms with van der Waals surface area (Å²) in [5.74, 6) is 0. The molecule has 1 N–H and O–H groups in total. The van der Waals surface area contributed by atoms with Gasteiger partial charge >= 0.3 is 6.09 Å². The Kier molecular flexibility index (Phi) is 2.88. The van der Waals surface area contributed by atoms with Crippen molar-refractivity contribution in [3.8, 4) is 6.07 Å². The third-order valence-electron chi connectivity index (χ3n) is 1.38. The molecular formula is C8H8N2O2S. The van der Waals surface area contributed by atoms with Crippen LogP contribution in [-0.2, 0) is 4.74 Å². The summed E-state index contributed by atoms with van der Waals surface area (Å²) in [6.45, 7) is 1.87. The van der Waals surface area contributed by atoms with Gasteiger partial charge in [0.05, 0.1) is 12.7 Å². The third-order valence-corrected chi connectivity index (χ3v) is 2.34. The van der Waals surface area contributed by atoms with E-state index in [1.165, 1.54) is 18.4 Å². The Morgan fingerprint density at radius 1 is 1.77 bits per heavy atom. The third kappa shape index (κ3) is 2.20. The molecule has 0 aliphatic heterocycles. The summed E-state index contributed by atoms with van der Waals surface area (Å²) >= 11 is 1.35. The van der Waals surface area contributed by atoms with E-state index in [0.29, 0.717) is 10.6 Å². The summed E-state index contributed by atoms with van der Waals surface area (Å²) in [6.07, 6.45) is -0.557. The molecule has 13 heavy (non-hydrogen) atoms. The van der Waals surface area contributed by atoms with Gasteiger partial charge in [-0.25, -0.2) is 4.79 Å². The number of thiophene rings is 1. The van der Waals surface area contributed by atoms with Gasteiger partial charge in [-0.05, 0) is 13.0 Å². The Labute approximate surface area is 79.7 Å². The number of nitrogens with zero attached hydrogens (tertiary/aromatic N) is 1. The molecule has 0 radical (unpaired) electrons. The first kappa shape index (κ1) is 9.55. The Hall–Kier alpha value is -1.54. The highest BCUT2D eigenvalue weighted by molar-refractivity contribution is 7.16. The molecule has 0 saturated heterocycles. The molecule has 0 spiro atoms. The highest BCUT2D eigenvalue weighted by Crippen LogP contribution is 2.26. The smallest absolute Gasteiger partial charge is 0.411 e. The van der Waals surface area contributed by atoms with Crippen LogP contribution < -0.4 is 5.32 Å². The highest BCUT2D eigenvalue weighted by Gasteiger charge is 2.09. The number of anilines is 1. The minimum Gasteiger partial charge on any atom is -0.453 e. The van der Waals surface area contributed by atoms with Gasteiger partial charge in [-0.1, -0.05) is 0 Å². The van der Waals surface area contributed by atoms with E-state index >= 15 is 0 Å². The number of carbonyl (C=O) groups excluding carboxylic acids is 1. The van der Waals surface area contributed by atoms with Crippen LogP contribution in [0.2, 0.25) is 0 Å². The number of hydrogen-bond donors (Lipinski definition) is 1. The van der Waals surface area contributed by atoms with Crippen molar-refractivity contribution in [2.75, 3.05) is 12.4 Å². The van der Waals surface area contributed by atoms with Crippen LogP contribution in [0.3, 0.4) is 0 Å². The molecule has 68 valence electrons. The first-order valence-corrected chi connectivity index (χ1v) is 4.34. The van der Waals surface area contributed by atoms with Crippen LogP contribution in [0.5, 0.6) is 0 Å². The predicted molar refractivity (Wildman–Crippen MR) is 49.8 cm³/mol. The fraction of sp³-hybridized carbons (Fsp3) is 0.250. The van der Waals surface area contributed by atoms with Gasteiger partial charge in [-0.15, -0.1) is 11.3 Å². The van der Waals surface area contributed by atoms with Crippen LogP contribution in [-0.4, -0.2) is 13.2 Å². The lowest BCUT2D eigenvalue weighted by Crippen LogP contribution is -2.10. The molecule has 0 bridgehead atoms. The van der Waals surface area contributed by atoms with Gasteiger partial charge in [-0.3, -0.25) is 5.32 Å². The summed E-state index contributed by atoms with van der Waals surface area (Å²) in [7, 11) is 1.28. The first-order chi connectivity index (χ1) is 6.17. The maximum absolute atomic E-state index is 10.8. The molecule has 1 aromatic rings. The Morgan fingerprint density at radius 2 is 2.46 bits per heavy atom. The average Bonchev–Trinajstić information content (AvgIpc) is 2.46. The number of amides is 1. The van der Waals surface area contributed by atoms with Crippen molar-refractivity contribution in [3.05, 3.63) is 16.5 Å². The maximum atomic E-state index is 10.8. The molecule has 0 atom stereocenters.